The van der Waals surface area contributed by atoms with Gasteiger partial charge in [0.15, 0.2) is 5.69 Å². The lowest BCUT2D eigenvalue weighted by molar-refractivity contribution is 0.0994. The summed E-state index contributed by atoms with van der Waals surface area (Å²) in [6.45, 7) is 1.13. The molecule has 3 aromatic rings. The fourth-order valence-corrected chi connectivity index (χ4v) is 2.58. The van der Waals surface area contributed by atoms with Crippen molar-refractivity contribution in [3.8, 4) is 11.3 Å². The molecule has 132 valence electrons. The van der Waals surface area contributed by atoms with Crippen LogP contribution in [-0.2, 0) is 24.5 Å². The Morgan fingerprint density at radius 1 is 1.00 bits per heavy atom. The standard InChI is InChI=1S/C20H20N4O2/c21-10-17-19(20(22)25)24-18(11-23-17)16-8-4-7-15(9-16)13-26-12-14-5-2-1-3-6-14/h1-9,11H,10,12-13,21H2,(H2,22,25). The van der Waals surface area contributed by atoms with Gasteiger partial charge in [-0.05, 0) is 17.2 Å². The van der Waals surface area contributed by atoms with Gasteiger partial charge in [0.2, 0.25) is 0 Å². The molecule has 2 aromatic carbocycles. The number of benzene rings is 2. The first-order valence-corrected chi connectivity index (χ1v) is 8.24. The zero-order valence-corrected chi connectivity index (χ0v) is 14.3. The highest BCUT2D eigenvalue weighted by Crippen LogP contribution is 2.20. The molecule has 0 aliphatic heterocycles. The SMILES string of the molecule is NCc1ncc(-c2cccc(COCc3ccccc3)c2)nc1C(N)=O. The predicted molar refractivity (Wildman–Crippen MR) is 98.8 cm³/mol. The molecule has 0 bridgehead atoms. The van der Waals surface area contributed by atoms with E-state index in [1.165, 1.54) is 0 Å². The van der Waals surface area contributed by atoms with Gasteiger partial charge in [-0.15, -0.1) is 0 Å². The molecule has 1 amide bonds. The summed E-state index contributed by atoms with van der Waals surface area (Å²) in [5.41, 5.74) is 15.0. The number of rotatable bonds is 7. The fourth-order valence-electron chi connectivity index (χ4n) is 2.58. The molecule has 6 heteroatoms. The van der Waals surface area contributed by atoms with E-state index in [-0.39, 0.29) is 12.2 Å². The molecule has 26 heavy (non-hydrogen) atoms. The number of hydrogen-bond donors (Lipinski definition) is 2. The highest BCUT2D eigenvalue weighted by atomic mass is 16.5. The first-order chi connectivity index (χ1) is 12.7. The zero-order valence-electron chi connectivity index (χ0n) is 14.3. The van der Waals surface area contributed by atoms with Crippen molar-refractivity contribution in [3.05, 3.63) is 83.3 Å². The second-order valence-corrected chi connectivity index (χ2v) is 5.80. The fraction of sp³-hybridized carbons (Fsp3) is 0.150. The molecule has 0 aliphatic rings. The van der Waals surface area contributed by atoms with Gasteiger partial charge in [0, 0.05) is 12.1 Å². The second-order valence-electron chi connectivity index (χ2n) is 5.80. The summed E-state index contributed by atoms with van der Waals surface area (Å²) in [4.78, 5) is 20.1. The Hall–Kier alpha value is -3.09. The predicted octanol–water partition coefficient (Wildman–Crippen LogP) is 2.42. The molecule has 6 nitrogen and oxygen atoms in total. The van der Waals surface area contributed by atoms with E-state index in [0.717, 1.165) is 16.7 Å². The third kappa shape index (κ3) is 4.30. The van der Waals surface area contributed by atoms with Crippen LogP contribution in [0.2, 0.25) is 0 Å². The number of primary amides is 1. The maximum Gasteiger partial charge on any atom is 0.269 e. The highest BCUT2D eigenvalue weighted by Gasteiger charge is 2.12. The molecule has 4 N–H and O–H groups in total. The number of carbonyl (C=O) groups excluding carboxylic acids is 1. The van der Waals surface area contributed by atoms with E-state index in [1.807, 2.05) is 54.6 Å². The Kier molecular flexibility index (Phi) is 5.68. The van der Waals surface area contributed by atoms with E-state index in [2.05, 4.69) is 9.97 Å². The summed E-state index contributed by atoms with van der Waals surface area (Å²) in [6, 6.07) is 17.7. The molecule has 1 heterocycles. The van der Waals surface area contributed by atoms with Crippen molar-refractivity contribution in [1.82, 2.24) is 9.97 Å². The average molecular weight is 348 g/mol. The Morgan fingerprint density at radius 2 is 1.73 bits per heavy atom. The maximum absolute atomic E-state index is 11.6. The zero-order chi connectivity index (χ0) is 18.4. The Morgan fingerprint density at radius 3 is 2.46 bits per heavy atom. The summed E-state index contributed by atoms with van der Waals surface area (Å²) >= 11 is 0. The molecular formula is C20H20N4O2. The first-order valence-electron chi connectivity index (χ1n) is 8.24. The van der Waals surface area contributed by atoms with Gasteiger partial charge in [-0.2, -0.15) is 0 Å². The van der Waals surface area contributed by atoms with Crippen molar-refractivity contribution in [2.75, 3.05) is 0 Å². The molecule has 0 saturated carbocycles. The summed E-state index contributed by atoms with van der Waals surface area (Å²) in [6.07, 6.45) is 1.60. The number of nitrogens with zero attached hydrogens (tertiary/aromatic N) is 2. The van der Waals surface area contributed by atoms with Gasteiger partial charge in [-0.3, -0.25) is 9.78 Å². The van der Waals surface area contributed by atoms with Crippen molar-refractivity contribution < 1.29 is 9.53 Å². The summed E-state index contributed by atoms with van der Waals surface area (Å²) in [5, 5.41) is 0. The molecule has 0 radical (unpaired) electrons. The minimum Gasteiger partial charge on any atom is -0.372 e. The van der Waals surface area contributed by atoms with Crippen molar-refractivity contribution in [3.63, 3.8) is 0 Å². The van der Waals surface area contributed by atoms with E-state index in [4.69, 9.17) is 16.2 Å². The molecule has 0 fully saturated rings. The van der Waals surface area contributed by atoms with Gasteiger partial charge in [-0.1, -0.05) is 48.5 Å². The second kappa shape index (κ2) is 8.33. The molecule has 0 aliphatic carbocycles. The topological polar surface area (TPSA) is 104 Å². The van der Waals surface area contributed by atoms with Crippen LogP contribution in [0, 0.1) is 0 Å². The van der Waals surface area contributed by atoms with Gasteiger partial charge < -0.3 is 16.2 Å². The summed E-state index contributed by atoms with van der Waals surface area (Å²) in [7, 11) is 0. The van der Waals surface area contributed by atoms with Gasteiger partial charge >= 0.3 is 0 Å². The Balaban J connectivity index is 1.75. The minimum absolute atomic E-state index is 0.107. The lowest BCUT2D eigenvalue weighted by Crippen LogP contribution is -2.19. The smallest absolute Gasteiger partial charge is 0.269 e. The van der Waals surface area contributed by atoms with Crippen molar-refractivity contribution in [1.29, 1.82) is 0 Å². The Bertz CT molecular complexity index is 897. The average Bonchev–Trinajstić information content (AvgIpc) is 2.68. The van der Waals surface area contributed by atoms with E-state index < -0.39 is 5.91 Å². The lowest BCUT2D eigenvalue weighted by atomic mass is 10.1. The minimum atomic E-state index is -0.637. The normalized spacial score (nSPS) is 10.7. The van der Waals surface area contributed by atoms with Crippen molar-refractivity contribution >= 4 is 5.91 Å². The van der Waals surface area contributed by atoms with Crippen LogP contribution in [0.25, 0.3) is 11.3 Å². The van der Waals surface area contributed by atoms with Crippen LogP contribution in [0.4, 0.5) is 0 Å². The molecule has 3 rings (SSSR count). The monoisotopic (exact) mass is 348 g/mol. The maximum atomic E-state index is 11.6. The number of carbonyl (C=O) groups is 1. The third-order valence-electron chi connectivity index (χ3n) is 3.88. The lowest BCUT2D eigenvalue weighted by Gasteiger charge is -2.09. The number of aromatic nitrogens is 2. The highest BCUT2D eigenvalue weighted by molar-refractivity contribution is 5.92. The molecule has 0 unspecified atom stereocenters. The van der Waals surface area contributed by atoms with Gasteiger partial charge in [-0.25, -0.2) is 4.98 Å². The van der Waals surface area contributed by atoms with Crippen LogP contribution in [0.5, 0.6) is 0 Å². The van der Waals surface area contributed by atoms with Crippen LogP contribution in [0.1, 0.15) is 27.3 Å². The van der Waals surface area contributed by atoms with Crippen LogP contribution in [-0.4, -0.2) is 15.9 Å². The molecule has 0 atom stereocenters. The largest absolute Gasteiger partial charge is 0.372 e. The summed E-state index contributed by atoms with van der Waals surface area (Å²) in [5.74, 6) is -0.637. The number of ether oxygens (including phenoxy) is 1. The number of nitrogens with two attached hydrogens (primary N) is 2. The van der Waals surface area contributed by atoms with Gasteiger partial charge in [0.05, 0.1) is 30.8 Å². The molecule has 1 aromatic heterocycles. The van der Waals surface area contributed by atoms with Crippen LogP contribution >= 0.6 is 0 Å². The molecule has 0 saturated heterocycles. The van der Waals surface area contributed by atoms with Crippen LogP contribution in [0.15, 0.2) is 60.8 Å². The first kappa shape index (κ1) is 17.7. The van der Waals surface area contributed by atoms with Crippen molar-refractivity contribution in [2.45, 2.75) is 19.8 Å². The van der Waals surface area contributed by atoms with E-state index >= 15 is 0 Å². The quantitative estimate of drug-likeness (QED) is 0.682. The van der Waals surface area contributed by atoms with Crippen molar-refractivity contribution in [2.24, 2.45) is 11.5 Å². The number of amides is 1. The van der Waals surface area contributed by atoms with E-state index in [1.54, 1.807) is 6.20 Å². The van der Waals surface area contributed by atoms with E-state index in [0.29, 0.717) is 24.6 Å². The number of hydrogen-bond acceptors (Lipinski definition) is 5. The van der Waals surface area contributed by atoms with Gasteiger partial charge in [0.25, 0.3) is 5.91 Å². The third-order valence-corrected chi connectivity index (χ3v) is 3.88. The van der Waals surface area contributed by atoms with Crippen LogP contribution in [0.3, 0.4) is 0 Å². The van der Waals surface area contributed by atoms with E-state index in [9.17, 15) is 4.79 Å². The molecular weight excluding hydrogens is 328 g/mol. The van der Waals surface area contributed by atoms with Gasteiger partial charge in [0.1, 0.15) is 0 Å². The Labute approximate surface area is 151 Å². The molecule has 0 spiro atoms. The summed E-state index contributed by atoms with van der Waals surface area (Å²) < 4.78 is 5.77. The van der Waals surface area contributed by atoms with Crippen LogP contribution < -0.4 is 11.5 Å².